The Morgan fingerprint density at radius 2 is 2.07 bits per heavy atom. The Morgan fingerprint density at radius 1 is 1.21 bits per heavy atom. The molecule has 0 unspecified atom stereocenters. The van der Waals surface area contributed by atoms with Gasteiger partial charge in [0.2, 0.25) is 0 Å². The molecule has 0 spiro atoms. The number of hydrogen-bond donors (Lipinski definition) is 1. The molecule has 7 nitrogen and oxygen atoms in total. The number of pyridine rings is 1. The molecule has 4 aromatic rings. The second-order valence-corrected chi connectivity index (χ2v) is 12.2. The van der Waals surface area contributed by atoms with Crippen LogP contribution >= 0.6 is 0 Å². The second-order valence-electron chi connectivity index (χ2n) is 12.2. The van der Waals surface area contributed by atoms with Crippen LogP contribution in [-0.4, -0.2) is 77.4 Å². The van der Waals surface area contributed by atoms with Crippen molar-refractivity contribution in [1.82, 2.24) is 25.2 Å². The fourth-order valence-corrected chi connectivity index (χ4v) is 7.35. The Morgan fingerprint density at radius 3 is 2.86 bits per heavy atom. The lowest BCUT2D eigenvalue weighted by Gasteiger charge is -2.31. The largest absolute Gasteiger partial charge is 0.461 e. The molecule has 3 fully saturated rings. The monoisotopic (exact) mass is 586 g/mol. The summed E-state index contributed by atoms with van der Waals surface area (Å²) < 4.78 is 52.0. The third-order valence-electron chi connectivity index (χ3n) is 9.58. The average molecular weight is 587 g/mol. The average Bonchev–Trinajstić information content (AvgIpc) is 3.69. The van der Waals surface area contributed by atoms with E-state index < -0.39 is 23.3 Å². The molecule has 0 amide bonds. The lowest BCUT2D eigenvalue weighted by molar-refractivity contribution is 0.107. The Balaban J connectivity index is 1.37. The summed E-state index contributed by atoms with van der Waals surface area (Å²) in [6, 6.07) is 8.30. The van der Waals surface area contributed by atoms with Crippen LogP contribution in [0.25, 0.3) is 32.9 Å². The highest BCUT2D eigenvalue weighted by Crippen LogP contribution is 2.41. The van der Waals surface area contributed by atoms with E-state index in [1.54, 1.807) is 30.5 Å². The molecule has 10 heteroatoms. The summed E-state index contributed by atoms with van der Waals surface area (Å²) in [5.74, 6) is 2.01. The summed E-state index contributed by atoms with van der Waals surface area (Å²) in [5.41, 5.74) is 0.0586. The van der Waals surface area contributed by atoms with E-state index in [0.717, 1.165) is 32.5 Å². The van der Waals surface area contributed by atoms with Crippen molar-refractivity contribution in [3.63, 3.8) is 0 Å². The van der Waals surface area contributed by atoms with E-state index in [1.165, 1.54) is 6.07 Å². The molecule has 0 bridgehead atoms. The van der Waals surface area contributed by atoms with Gasteiger partial charge in [-0.25, -0.2) is 13.2 Å². The van der Waals surface area contributed by atoms with Crippen molar-refractivity contribution in [3.8, 4) is 29.6 Å². The first kappa shape index (κ1) is 27.9. The molecule has 3 aliphatic heterocycles. The highest BCUT2D eigenvalue weighted by atomic mass is 19.1. The number of alkyl halides is 1. The quantitative estimate of drug-likeness (QED) is 0.315. The molecule has 43 heavy (non-hydrogen) atoms. The Labute approximate surface area is 248 Å². The van der Waals surface area contributed by atoms with Gasteiger partial charge in [0.15, 0.2) is 5.82 Å². The van der Waals surface area contributed by atoms with Gasteiger partial charge in [-0.15, -0.1) is 6.42 Å². The minimum atomic E-state index is -0.899. The number of ether oxygens (including phenoxy) is 1. The standard InChI is InChI=1S/C33H33F3N6O/c1-4-22-25(35)10-9-20-7-5-8-23(27(20)22)29-28(36)30-24(15-38-29)31(41(3)26-16-37-14-19(26)2)40-32(39-30)43-18-33-11-6-12-42(33)17-21(34)13-33/h1,5,7-10,15,19,21,26,37H,6,11-14,16-18H2,2-3H3/t19-,21-,26+,33+/m1/s1. The van der Waals surface area contributed by atoms with Crippen LogP contribution in [0.1, 0.15) is 31.7 Å². The van der Waals surface area contributed by atoms with Gasteiger partial charge in [-0.1, -0.05) is 37.1 Å². The van der Waals surface area contributed by atoms with E-state index in [1.807, 2.05) is 11.9 Å². The number of fused-ring (bicyclic) bond motifs is 3. The van der Waals surface area contributed by atoms with Crippen molar-refractivity contribution in [2.45, 2.75) is 43.9 Å². The molecule has 7 rings (SSSR count). The van der Waals surface area contributed by atoms with E-state index in [4.69, 9.17) is 16.1 Å². The lowest BCUT2D eigenvalue weighted by Crippen LogP contribution is -2.43. The minimum Gasteiger partial charge on any atom is -0.461 e. The summed E-state index contributed by atoms with van der Waals surface area (Å²) in [4.78, 5) is 18.1. The lowest BCUT2D eigenvalue weighted by atomic mass is 9.95. The van der Waals surface area contributed by atoms with Gasteiger partial charge in [0.05, 0.1) is 16.5 Å². The van der Waals surface area contributed by atoms with Gasteiger partial charge in [-0.05, 0) is 43.3 Å². The van der Waals surface area contributed by atoms with Gasteiger partial charge < -0.3 is 15.0 Å². The van der Waals surface area contributed by atoms with Crippen LogP contribution in [0.5, 0.6) is 6.01 Å². The molecule has 3 saturated heterocycles. The van der Waals surface area contributed by atoms with Crippen LogP contribution in [0.2, 0.25) is 0 Å². The predicted octanol–water partition coefficient (Wildman–Crippen LogP) is 5.10. The van der Waals surface area contributed by atoms with Gasteiger partial charge >= 0.3 is 6.01 Å². The topological polar surface area (TPSA) is 66.4 Å². The smallest absolute Gasteiger partial charge is 0.319 e. The molecule has 0 radical (unpaired) electrons. The van der Waals surface area contributed by atoms with E-state index in [-0.39, 0.29) is 35.4 Å². The van der Waals surface area contributed by atoms with Gasteiger partial charge in [0, 0.05) is 49.7 Å². The van der Waals surface area contributed by atoms with Crippen LogP contribution in [0.3, 0.4) is 0 Å². The van der Waals surface area contributed by atoms with E-state index in [0.29, 0.717) is 46.4 Å². The van der Waals surface area contributed by atoms with Crippen molar-refractivity contribution >= 4 is 27.5 Å². The van der Waals surface area contributed by atoms with E-state index in [2.05, 4.69) is 33.0 Å². The fourth-order valence-electron chi connectivity index (χ4n) is 7.35. The van der Waals surface area contributed by atoms with E-state index >= 15 is 4.39 Å². The number of halogens is 3. The molecular formula is C33H33F3N6O. The number of rotatable bonds is 6. The van der Waals surface area contributed by atoms with Crippen LogP contribution in [0, 0.1) is 29.9 Å². The number of nitrogens with one attached hydrogen (secondary N) is 1. The van der Waals surface area contributed by atoms with Crippen LogP contribution in [0.15, 0.2) is 36.5 Å². The van der Waals surface area contributed by atoms with Crippen molar-refractivity contribution in [3.05, 3.63) is 53.7 Å². The highest BCUT2D eigenvalue weighted by Gasteiger charge is 2.49. The third kappa shape index (κ3) is 4.57. The van der Waals surface area contributed by atoms with Crippen LogP contribution in [-0.2, 0) is 0 Å². The number of terminal acetylenes is 1. The van der Waals surface area contributed by atoms with Gasteiger partial charge in [0.1, 0.15) is 35.6 Å². The van der Waals surface area contributed by atoms with Crippen LogP contribution in [0.4, 0.5) is 19.0 Å². The molecule has 5 heterocycles. The number of likely N-dealkylation sites (N-methyl/N-ethyl adjacent to an activating group) is 1. The predicted molar refractivity (Wildman–Crippen MR) is 161 cm³/mol. The first-order valence-corrected chi connectivity index (χ1v) is 14.8. The summed E-state index contributed by atoms with van der Waals surface area (Å²) in [6.07, 6.45) is 8.56. The molecule has 2 aromatic heterocycles. The maximum atomic E-state index is 16.7. The Kier molecular flexibility index (Phi) is 6.90. The zero-order chi connectivity index (χ0) is 29.9. The molecule has 1 N–H and O–H groups in total. The maximum absolute atomic E-state index is 16.7. The third-order valence-corrected chi connectivity index (χ3v) is 9.58. The fraction of sp³-hybridized carbons (Fsp3) is 0.424. The van der Waals surface area contributed by atoms with Crippen molar-refractivity contribution < 1.29 is 17.9 Å². The molecule has 0 aliphatic carbocycles. The zero-order valence-corrected chi connectivity index (χ0v) is 24.2. The molecule has 2 aromatic carbocycles. The van der Waals surface area contributed by atoms with Crippen molar-refractivity contribution in [2.75, 3.05) is 44.7 Å². The summed E-state index contributed by atoms with van der Waals surface area (Å²) >= 11 is 0. The Bertz CT molecular complexity index is 1780. The highest BCUT2D eigenvalue weighted by molar-refractivity contribution is 6.02. The maximum Gasteiger partial charge on any atom is 0.319 e. The van der Waals surface area contributed by atoms with Crippen molar-refractivity contribution in [1.29, 1.82) is 0 Å². The number of nitrogens with zero attached hydrogens (tertiary/aromatic N) is 5. The normalized spacial score (nSPS) is 25.3. The minimum absolute atomic E-state index is 0.00554. The number of anilines is 1. The molecular weight excluding hydrogens is 553 g/mol. The van der Waals surface area contributed by atoms with Gasteiger partial charge in [0.25, 0.3) is 0 Å². The van der Waals surface area contributed by atoms with E-state index in [9.17, 15) is 8.78 Å². The molecule has 0 saturated carbocycles. The first-order chi connectivity index (χ1) is 20.8. The van der Waals surface area contributed by atoms with Gasteiger partial charge in [-0.3, -0.25) is 9.88 Å². The summed E-state index contributed by atoms with van der Waals surface area (Å²) in [5, 5.41) is 4.92. The Hall–Kier alpha value is -3.94. The zero-order valence-electron chi connectivity index (χ0n) is 24.2. The first-order valence-electron chi connectivity index (χ1n) is 14.8. The number of aromatic nitrogens is 3. The number of hydrogen-bond acceptors (Lipinski definition) is 7. The molecule has 222 valence electrons. The summed E-state index contributed by atoms with van der Waals surface area (Å²) in [7, 11) is 1.93. The second kappa shape index (κ2) is 10.6. The molecule has 4 atom stereocenters. The number of benzene rings is 2. The van der Waals surface area contributed by atoms with Crippen molar-refractivity contribution in [2.24, 2.45) is 5.92 Å². The SMILES string of the molecule is C#Cc1c(F)ccc2cccc(-c3ncc4c(N(C)[C@H]5CNC[C@H]5C)nc(OC[C@@]56CCCN5C[C@H](F)C6)nc4c3F)c12. The van der Waals surface area contributed by atoms with Gasteiger partial charge in [-0.2, -0.15) is 9.97 Å². The molecule has 3 aliphatic rings. The van der Waals surface area contributed by atoms with Crippen LogP contribution < -0.4 is 15.0 Å². The summed E-state index contributed by atoms with van der Waals surface area (Å²) in [6.45, 7) is 5.21.